The van der Waals surface area contributed by atoms with E-state index in [1.807, 2.05) is 0 Å². The molecule has 0 aliphatic carbocycles. The van der Waals surface area contributed by atoms with Crippen LogP contribution in [0.2, 0.25) is 0 Å². The van der Waals surface area contributed by atoms with Crippen molar-refractivity contribution in [2.45, 2.75) is 12.2 Å². The topological polar surface area (TPSA) is 101 Å². The molecule has 0 aromatic carbocycles. The molecule has 0 atom stereocenters. The predicted molar refractivity (Wildman–Crippen MR) is 23.9 cm³/mol. The molecular formula is C4H7NaO5. The van der Waals surface area contributed by atoms with Gasteiger partial charge in [0, 0.05) is 13.0 Å². The summed E-state index contributed by atoms with van der Waals surface area (Å²) in [4.78, 5) is 9.69. The fraction of sp³-hybridized carbons (Fsp3) is 0.750. The number of hydrogen-bond donors (Lipinski definition) is 3. The molecule has 0 fully saturated rings. The van der Waals surface area contributed by atoms with E-state index in [1.165, 1.54) is 0 Å². The van der Waals surface area contributed by atoms with Crippen LogP contribution in [0.1, 0.15) is 6.42 Å². The standard InChI is InChI=1S/C4H8O5.Na/c5-2-1-4(8,9)3(6)7;/h5,8-9H,1-2H2,(H,6,7);/q;+1/p-1. The van der Waals surface area contributed by atoms with Gasteiger partial charge in [0.25, 0.3) is 0 Å². The van der Waals surface area contributed by atoms with Gasteiger partial charge in [0.2, 0.25) is 5.79 Å². The smallest absolute Gasteiger partial charge is 0.544 e. The van der Waals surface area contributed by atoms with Crippen LogP contribution in [0.15, 0.2) is 0 Å². The van der Waals surface area contributed by atoms with Crippen molar-refractivity contribution in [1.82, 2.24) is 0 Å². The molecule has 0 rings (SSSR count). The van der Waals surface area contributed by atoms with Crippen molar-refractivity contribution in [2.75, 3.05) is 6.61 Å². The molecule has 0 radical (unpaired) electrons. The largest absolute Gasteiger partial charge is 1.00 e. The zero-order valence-corrected chi connectivity index (χ0v) is 7.57. The van der Waals surface area contributed by atoms with Crippen LogP contribution in [0.4, 0.5) is 0 Å². The number of carbonyl (C=O) groups excluding carboxylic acids is 1. The average Bonchev–Trinajstić information content (AvgIpc) is 1.65. The molecule has 5 nitrogen and oxygen atoms in total. The molecule has 54 valence electrons. The Hall–Kier alpha value is 0.350. The van der Waals surface area contributed by atoms with Crippen LogP contribution in [0, 0.1) is 0 Å². The van der Waals surface area contributed by atoms with E-state index in [9.17, 15) is 9.90 Å². The number of aliphatic hydroxyl groups is 3. The summed E-state index contributed by atoms with van der Waals surface area (Å²) in [6.45, 7) is -0.610. The van der Waals surface area contributed by atoms with Crippen LogP contribution in [0.3, 0.4) is 0 Å². The van der Waals surface area contributed by atoms with Crippen LogP contribution in [0.25, 0.3) is 0 Å². The molecular weight excluding hydrogens is 151 g/mol. The molecule has 6 heteroatoms. The average molecular weight is 158 g/mol. The Morgan fingerprint density at radius 2 is 1.90 bits per heavy atom. The molecule has 0 unspecified atom stereocenters. The van der Waals surface area contributed by atoms with Crippen molar-refractivity contribution in [1.29, 1.82) is 0 Å². The second-order valence-corrected chi connectivity index (χ2v) is 1.58. The maximum absolute atomic E-state index is 9.69. The minimum absolute atomic E-state index is 0. The molecule has 0 heterocycles. The maximum Gasteiger partial charge on any atom is 1.00 e. The second kappa shape index (κ2) is 5.06. The minimum atomic E-state index is -2.89. The normalized spacial score (nSPS) is 10.3. The number of hydrogen-bond acceptors (Lipinski definition) is 5. The Labute approximate surface area is 79.6 Å². The maximum atomic E-state index is 9.69. The number of aliphatic carboxylic acids is 1. The number of aliphatic hydroxyl groups excluding tert-OH is 1. The SMILES string of the molecule is O=C([O-])C(O)(O)CCO.[Na+]. The van der Waals surface area contributed by atoms with Crippen molar-refractivity contribution >= 4 is 5.97 Å². The first-order chi connectivity index (χ1) is 4.00. The summed E-state index contributed by atoms with van der Waals surface area (Å²) in [5, 5.41) is 34.4. The Bertz CT molecular complexity index is 112. The molecule has 0 aliphatic rings. The van der Waals surface area contributed by atoms with Crippen LogP contribution in [0.5, 0.6) is 0 Å². The molecule has 0 bridgehead atoms. The van der Waals surface area contributed by atoms with Gasteiger partial charge in [-0.3, -0.25) is 0 Å². The van der Waals surface area contributed by atoms with Crippen molar-refractivity contribution < 1.29 is 54.8 Å². The first-order valence-electron chi connectivity index (χ1n) is 2.28. The number of carboxylic acid groups (broad SMARTS) is 1. The zero-order chi connectivity index (χ0) is 7.49. The Kier molecular flexibility index (Phi) is 6.57. The van der Waals surface area contributed by atoms with E-state index in [1.54, 1.807) is 0 Å². The van der Waals surface area contributed by atoms with Gasteiger partial charge in [-0.05, 0) is 0 Å². The molecule has 0 aromatic rings. The second-order valence-electron chi connectivity index (χ2n) is 1.58. The van der Waals surface area contributed by atoms with Crippen molar-refractivity contribution in [3.05, 3.63) is 0 Å². The van der Waals surface area contributed by atoms with E-state index in [0.717, 1.165) is 0 Å². The van der Waals surface area contributed by atoms with Crippen molar-refractivity contribution in [3.8, 4) is 0 Å². The van der Waals surface area contributed by atoms with Gasteiger partial charge in [0.05, 0.1) is 0 Å². The monoisotopic (exact) mass is 158 g/mol. The number of carboxylic acids is 1. The molecule has 10 heavy (non-hydrogen) atoms. The minimum Gasteiger partial charge on any atom is -0.544 e. The third-order valence-electron chi connectivity index (χ3n) is 0.787. The fourth-order valence-corrected chi connectivity index (χ4v) is 0.258. The summed E-state index contributed by atoms with van der Waals surface area (Å²) in [5.41, 5.74) is 0. The van der Waals surface area contributed by atoms with Gasteiger partial charge in [-0.1, -0.05) is 0 Å². The Balaban J connectivity index is 0. The van der Waals surface area contributed by atoms with Gasteiger partial charge in [-0.2, -0.15) is 0 Å². The summed E-state index contributed by atoms with van der Waals surface area (Å²) in [6.07, 6.45) is -0.644. The molecule has 0 saturated carbocycles. The third-order valence-corrected chi connectivity index (χ3v) is 0.787. The molecule has 0 saturated heterocycles. The molecule has 0 spiro atoms. The quantitative estimate of drug-likeness (QED) is 0.280. The third kappa shape index (κ3) is 4.21. The van der Waals surface area contributed by atoms with Crippen LogP contribution >= 0.6 is 0 Å². The van der Waals surface area contributed by atoms with E-state index in [4.69, 9.17) is 15.3 Å². The number of rotatable bonds is 3. The Morgan fingerprint density at radius 3 is 2.00 bits per heavy atom. The summed E-state index contributed by atoms with van der Waals surface area (Å²) in [6, 6.07) is 0. The van der Waals surface area contributed by atoms with Gasteiger partial charge < -0.3 is 25.2 Å². The van der Waals surface area contributed by atoms with Crippen molar-refractivity contribution in [3.63, 3.8) is 0 Å². The predicted octanol–water partition coefficient (Wildman–Crippen LogP) is -6.20. The van der Waals surface area contributed by atoms with Gasteiger partial charge in [-0.25, -0.2) is 0 Å². The summed E-state index contributed by atoms with van der Waals surface area (Å²) in [7, 11) is 0. The van der Waals surface area contributed by atoms with Crippen LogP contribution in [-0.2, 0) is 4.79 Å². The van der Waals surface area contributed by atoms with Gasteiger partial charge in [0.1, 0.15) is 5.97 Å². The number of carbonyl (C=O) groups is 1. The molecule has 0 aliphatic heterocycles. The first-order valence-corrected chi connectivity index (χ1v) is 2.28. The molecule has 3 N–H and O–H groups in total. The zero-order valence-electron chi connectivity index (χ0n) is 5.57. The summed E-state index contributed by atoms with van der Waals surface area (Å²) < 4.78 is 0. The van der Waals surface area contributed by atoms with Gasteiger partial charge in [0.15, 0.2) is 0 Å². The van der Waals surface area contributed by atoms with E-state index in [0.29, 0.717) is 0 Å². The van der Waals surface area contributed by atoms with E-state index in [-0.39, 0.29) is 29.6 Å². The van der Waals surface area contributed by atoms with E-state index >= 15 is 0 Å². The van der Waals surface area contributed by atoms with Gasteiger partial charge >= 0.3 is 29.6 Å². The van der Waals surface area contributed by atoms with E-state index < -0.39 is 24.8 Å². The van der Waals surface area contributed by atoms with Gasteiger partial charge in [-0.15, -0.1) is 0 Å². The van der Waals surface area contributed by atoms with Crippen molar-refractivity contribution in [2.24, 2.45) is 0 Å². The molecule has 0 aromatic heterocycles. The Morgan fingerprint density at radius 1 is 1.50 bits per heavy atom. The summed E-state index contributed by atoms with van der Waals surface area (Å²) in [5.74, 6) is -4.90. The van der Waals surface area contributed by atoms with Crippen LogP contribution in [-0.4, -0.2) is 33.7 Å². The fourth-order valence-electron chi connectivity index (χ4n) is 0.258. The first kappa shape index (κ1) is 13.0. The summed E-state index contributed by atoms with van der Waals surface area (Å²) >= 11 is 0. The van der Waals surface area contributed by atoms with E-state index in [2.05, 4.69) is 0 Å². The van der Waals surface area contributed by atoms with Crippen LogP contribution < -0.4 is 34.7 Å². The molecule has 0 amide bonds.